The number of carbonyl (C=O) groups excluding carboxylic acids is 1. The van der Waals surface area contributed by atoms with Crippen molar-refractivity contribution in [1.29, 1.82) is 0 Å². The Balaban J connectivity index is 1.89. The van der Waals surface area contributed by atoms with E-state index in [4.69, 9.17) is 4.74 Å². The lowest BCUT2D eigenvalue weighted by Gasteiger charge is -2.21. The molecule has 1 aromatic carbocycles. The zero-order chi connectivity index (χ0) is 12.8. The van der Waals surface area contributed by atoms with E-state index in [2.05, 4.69) is 10.6 Å². The van der Waals surface area contributed by atoms with E-state index in [9.17, 15) is 4.79 Å². The molecule has 1 aromatic rings. The summed E-state index contributed by atoms with van der Waals surface area (Å²) in [5.41, 5.74) is 0.828. The summed E-state index contributed by atoms with van der Waals surface area (Å²) < 4.78 is 5.36. The number of piperidine rings is 1. The highest BCUT2D eigenvalue weighted by molar-refractivity contribution is 5.92. The van der Waals surface area contributed by atoms with Gasteiger partial charge >= 0.3 is 0 Å². The molecule has 1 unspecified atom stereocenters. The lowest BCUT2D eigenvalue weighted by atomic mass is 9.99. The molecule has 0 aliphatic carbocycles. The topological polar surface area (TPSA) is 50.4 Å². The van der Waals surface area contributed by atoms with Gasteiger partial charge in [0.25, 0.3) is 0 Å². The van der Waals surface area contributed by atoms with Crippen LogP contribution in [0.15, 0.2) is 24.3 Å². The van der Waals surface area contributed by atoms with E-state index in [1.165, 1.54) is 0 Å². The average Bonchev–Trinajstić information content (AvgIpc) is 2.42. The van der Waals surface area contributed by atoms with E-state index in [-0.39, 0.29) is 11.8 Å². The zero-order valence-corrected chi connectivity index (χ0v) is 10.7. The molecule has 1 heterocycles. The van der Waals surface area contributed by atoms with Crippen molar-refractivity contribution < 1.29 is 9.53 Å². The van der Waals surface area contributed by atoms with Crippen LogP contribution in [0.5, 0.6) is 5.75 Å². The van der Waals surface area contributed by atoms with Crippen LogP contribution < -0.4 is 15.4 Å². The van der Waals surface area contributed by atoms with Gasteiger partial charge in [0, 0.05) is 12.2 Å². The molecule has 4 heteroatoms. The van der Waals surface area contributed by atoms with E-state index in [0.717, 1.165) is 37.4 Å². The van der Waals surface area contributed by atoms with Gasteiger partial charge in [0.1, 0.15) is 5.75 Å². The lowest BCUT2D eigenvalue weighted by molar-refractivity contribution is -0.120. The molecular weight excluding hydrogens is 228 g/mol. The van der Waals surface area contributed by atoms with Gasteiger partial charge in [-0.3, -0.25) is 4.79 Å². The maximum atomic E-state index is 12.0. The van der Waals surface area contributed by atoms with Gasteiger partial charge in [-0.2, -0.15) is 0 Å². The van der Waals surface area contributed by atoms with E-state index in [1.807, 2.05) is 31.2 Å². The van der Waals surface area contributed by atoms with E-state index < -0.39 is 0 Å². The molecular formula is C14H20N2O2. The molecule has 1 aliphatic heterocycles. The summed E-state index contributed by atoms with van der Waals surface area (Å²) in [5, 5.41) is 6.19. The van der Waals surface area contributed by atoms with Crippen molar-refractivity contribution in [2.45, 2.75) is 19.8 Å². The fraction of sp³-hybridized carbons (Fsp3) is 0.500. The number of benzene rings is 1. The first kappa shape index (κ1) is 12.9. The second kappa shape index (κ2) is 6.40. The normalized spacial score (nSPS) is 19.3. The third-order valence-corrected chi connectivity index (χ3v) is 3.10. The van der Waals surface area contributed by atoms with Crippen LogP contribution in [0.25, 0.3) is 0 Å². The van der Waals surface area contributed by atoms with E-state index in [0.29, 0.717) is 6.61 Å². The van der Waals surface area contributed by atoms with E-state index >= 15 is 0 Å². The van der Waals surface area contributed by atoms with E-state index in [1.54, 1.807) is 0 Å². The Morgan fingerprint density at radius 2 is 2.22 bits per heavy atom. The number of nitrogens with one attached hydrogen (secondary N) is 2. The first-order valence-electron chi connectivity index (χ1n) is 6.54. The Morgan fingerprint density at radius 3 is 2.83 bits per heavy atom. The summed E-state index contributed by atoms with van der Waals surface area (Å²) >= 11 is 0. The van der Waals surface area contributed by atoms with Crippen LogP contribution in [0.1, 0.15) is 19.8 Å². The maximum Gasteiger partial charge on any atom is 0.228 e. The van der Waals surface area contributed by atoms with Gasteiger partial charge in [-0.05, 0) is 50.6 Å². The second-order valence-corrected chi connectivity index (χ2v) is 4.49. The molecule has 0 saturated carbocycles. The van der Waals surface area contributed by atoms with Crippen molar-refractivity contribution in [2.75, 3.05) is 25.0 Å². The van der Waals surface area contributed by atoms with Gasteiger partial charge in [0.15, 0.2) is 0 Å². The lowest BCUT2D eigenvalue weighted by Crippen LogP contribution is -2.37. The van der Waals surface area contributed by atoms with Crippen LogP contribution in [0, 0.1) is 5.92 Å². The zero-order valence-electron chi connectivity index (χ0n) is 10.7. The molecule has 0 aromatic heterocycles. The van der Waals surface area contributed by atoms with Crippen molar-refractivity contribution in [3.63, 3.8) is 0 Å². The highest BCUT2D eigenvalue weighted by Gasteiger charge is 2.20. The predicted octanol–water partition coefficient (Wildman–Crippen LogP) is 2.02. The fourth-order valence-electron chi connectivity index (χ4n) is 2.12. The summed E-state index contributed by atoms with van der Waals surface area (Å²) in [6, 6.07) is 7.49. The molecule has 2 N–H and O–H groups in total. The van der Waals surface area contributed by atoms with Crippen LogP contribution >= 0.6 is 0 Å². The molecule has 1 aliphatic rings. The Morgan fingerprint density at radius 1 is 1.44 bits per heavy atom. The van der Waals surface area contributed by atoms with Gasteiger partial charge in [-0.25, -0.2) is 0 Å². The minimum Gasteiger partial charge on any atom is -0.494 e. The Hall–Kier alpha value is -1.55. The summed E-state index contributed by atoms with van der Waals surface area (Å²) in [6.45, 7) is 4.40. The Bertz CT molecular complexity index is 383. The SMILES string of the molecule is CCOc1ccc(NC(=O)C2CCCNC2)cc1. The van der Waals surface area contributed by atoms with Crippen LogP contribution in [0.3, 0.4) is 0 Å². The predicted molar refractivity (Wildman–Crippen MR) is 71.8 cm³/mol. The smallest absolute Gasteiger partial charge is 0.228 e. The van der Waals surface area contributed by atoms with Gasteiger partial charge in [0.05, 0.1) is 12.5 Å². The molecule has 0 radical (unpaired) electrons. The van der Waals surface area contributed by atoms with Crippen LogP contribution in [0.2, 0.25) is 0 Å². The third-order valence-electron chi connectivity index (χ3n) is 3.10. The van der Waals surface area contributed by atoms with Gasteiger partial charge < -0.3 is 15.4 Å². The number of hydrogen-bond acceptors (Lipinski definition) is 3. The summed E-state index contributed by atoms with van der Waals surface area (Å²) in [5.74, 6) is 1.02. The Labute approximate surface area is 108 Å². The highest BCUT2D eigenvalue weighted by Crippen LogP contribution is 2.18. The molecule has 0 spiro atoms. The molecule has 1 fully saturated rings. The first-order chi connectivity index (χ1) is 8.79. The number of rotatable bonds is 4. The average molecular weight is 248 g/mol. The van der Waals surface area contributed by atoms with Crippen molar-refractivity contribution in [2.24, 2.45) is 5.92 Å². The molecule has 1 amide bonds. The molecule has 18 heavy (non-hydrogen) atoms. The van der Waals surface area contributed by atoms with Gasteiger partial charge in [-0.1, -0.05) is 0 Å². The monoisotopic (exact) mass is 248 g/mol. The van der Waals surface area contributed by atoms with Crippen molar-refractivity contribution >= 4 is 11.6 Å². The quantitative estimate of drug-likeness (QED) is 0.857. The fourth-order valence-corrected chi connectivity index (χ4v) is 2.12. The molecule has 2 rings (SSSR count). The molecule has 1 saturated heterocycles. The number of carbonyl (C=O) groups is 1. The molecule has 98 valence electrons. The number of ether oxygens (including phenoxy) is 1. The molecule has 0 bridgehead atoms. The minimum absolute atomic E-state index is 0.0883. The summed E-state index contributed by atoms with van der Waals surface area (Å²) in [6.07, 6.45) is 2.04. The van der Waals surface area contributed by atoms with Crippen LogP contribution in [-0.4, -0.2) is 25.6 Å². The standard InChI is InChI=1S/C14H20N2O2/c1-2-18-13-7-5-12(6-8-13)16-14(17)11-4-3-9-15-10-11/h5-8,11,15H,2-4,9-10H2,1H3,(H,16,17). The third kappa shape index (κ3) is 3.47. The van der Waals surface area contributed by atoms with Crippen molar-refractivity contribution in [1.82, 2.24) is 5.32 Å². The first-order valence-corrected chi connectivity index (χ1v) is 6.54. The van der Waals surface area contributed by atoms with Crippen molar-refractivity contribution in [3.05, 3.63) is 24.3 Å². The maximum absolute atomic E-state index is 12.0. The number of amides is 1. The van der Waals surface area contributed by atoms with Gasteiger partial charge in [-0.15, -0.1) is 0 Å². The molecule has 4 nitrogen and oxygen atoms in total. The minimum atomic E-state index is 0.0883. The second-order valence-electron chi connectivity index (χ2n) is 4.49. The van der Waals surface area contributed by atoms with Crippen LogP contribution in [-0.2, 0) is 4.79 Å². The summed E-state index contributed by atoms with van der Waals surface area (Å²) in [4.78, 5) is 12.0. The Kier molecular flexibility index (Phi) is 4.59. The highest BCUT2D eigenvalue weighted by atomic mass is 16.5. The number of anilines is 1. The van der Waals surface area contributed by atoms with Gasteiger partial charge in [0.2, 0.25) is 5.91 Å². The molecule has 1 atom stereocenters. The van der Waals surface area contributed by atoms with Crippen molar-refractivity contribution in [3.8, 4) is 5.75 Å². The summed E-state index contributed by atoms with van der Waals surface area (Å²) in [7, 11) is 0. The number of hydrogen-bond donors (Lipinski definition) is 2. The van der Waals surface area contributed by atoms with Crippen LogP contribution in [0.4, 0.5) is 5.69 Å². The largest absolute Gasteiger partial charge is 0.494 e.